The normalized spacial score (nSPS) is 30.1. The number of hydrogen-bond donors (Lipinski definition) is 2. The number of allylic oxidation sites excluding steroid dienone is 2. The second kappa shape index (κ2) is 5.68. The summed E-state index contributed by atoms with van der Waals surface area (Å²) < 4.78 is 0. The zero-order valence-corrected chi connectivity index (χ0v) is 11.6. The van der Waals surface area contributed by atoms with Gasteiger partial charge in [-0.25, -0.2) is 0 Å². The number of carbonyl (C=O) groups excluding carboxylic acids is 1. The molecule has 0 spiro atoms. The molecule has 0 radical (unpaired) electrons. The molecule has 1 aromatic rings. The molecular formula is C16H18N2O3. The van der Waals surface area contributed by atoms with Gasteiger partial charge in [0.05, 0.1) is 11.8 Å². The molecule has 1 fully saturated rings. The van der Waals surface area contributed by atoms with Crippen molar-refractivity contribution in [3.63, 3.8) is 0 Å². The summed E-state index contributed by atoms with van der Waals surface area (Å²) in [6.45, 7) is 0.386. The largest absolute Gasteiger partial charge is 0.481 e. The van der Waals surface area contributed by atoms with E-state index in [0.717, 1.165) is 18.4 Å². The van der Waals surface area contributed by atoms with Crippen molar-refractivity contribution >= 4 is 11.9 Å². The van der Waals surface area contributed by atoms with Gasteiger partial charge in [0.15, 0.2) is 0 Å². The molecule has 0 aliphatic heterocycles. The van der Waals surface area contributed by atoms with Crippen LogP contribution in [0.1, 0.15) is 18.4 Å². The maximum Gasteiger partial charge on any atom is 0.307 e. The Labute approximate surface area is 123 Å². The van der Waals surface area contributed by atoms with Crippen molar-refractivity contribution in [2.45, 2.75) is 19.4 Å². The lowest BCUT2D eigenvalue weighted by molar-refractivity contribution is -0.153. The molecule has 3 aliphatic rings. The van der Waals surface area contributed by atoms with E-state index in [4.69, 9.17) is 0 Å². The summed E-state index contributed by atoms with van der Waals surface area (Å²) in [5.74, 6) is -2.04. The maximum absolute atomic E-state index is 12.4. The maximum atomic E-state index is 12.4. The third-order valence-corrected chi connectivity index (χ3v) is 4.53. The molecule has 21 heavy (non-hydrogen) atoms. The Hall–Kier alpha value is -2.17. The fourth-order valence-corrected chi connectivity index (χ4v) is 3.50. The standard InChI is InChI=1S/C16H18N2O3/c19-15(18-9-10-2-1-7-17-8-10)13-11-3-5-12(6-4-11)14(13)16(20)21/h1-3,5,7-8,11-14H,4,6,9H2,(H,18,19)(H,20,21). The second-order valence-electron chi connectivity index (χ2n) is 5.76. The first-order valence-corrected chi connectivity index (χ1v) is 7.24. The number of aliphatic carboxylic acids is 1. The Morgan fingerprint density at radius 3 is 2.52 bits per heavy atom. The number of rotatable bonds is 4. The average Bonchev–Trinajstić information content (AvgIpc) is 2.53. The average molecular weight is 286 g/mol. The van der Waals surface area contributed by atoms with E-state index in [2.05, 4.69) is 10.3 Å². The van der Waals surface area contributed by atoms with Crippen LogP contribution in [-0.4, -0.2) is 22.0 Å². The first kappa shape index (κ1) is 13.8. The molecular weight excluding hydrogens is 268 g/mol. The van der Waals surface area contributed by atoms with Gasteiger partial charge in [-0.1, -0.05) is 18.2 Å². The van der Waals surface area contributed by atoms with Crippen molar-refractivity contribution in [1.29, 1.82) is 0 Å². The van der Waals surface area contributed by atoms with Gasteiger partial charge in [-0.2, -0.15) is 0 Å². The molecule has 3 aliphatic carbocycles. The molecule has 0 saturated heterocycles. The molecule has 2 N–H and O–H groups in total. The molecule has 4 atom stereocenters. The van der Waals surface area contributed by atoms with Gasteiger partial charge in [0.25, 0.3) is 0 Å². The zero-order chi connectivity index (χ0) is 14.8. The summed E-state index contributed by atoms with van der Waals surface area (Å²) in [4.78, 5) is 28.0. The van der Waals surface area contributed by atoms with Gasteiger partial charge in [0.2, 0.25) is 5.91 Å². The molecule has 1 aromatic heterocycles. The van der Waals surface area contributed by atoms with Crippen LogP contribution in [0.3, 0.4) is 0 Å². The van der Waals surface area contributed by atoms with Gasteiger partial charge < -0.3 is 10.4 Å². The summed E-state index contributed by atoms with van der Waals surface area (Å²) in [5, 5.41) is 12.3. The molecule has 110 valence electrons. The van der Waals surface area contributed by atoms with Crippen LogP contribution in [0.5, 0.6) is 0 Å². The molecule has 5 heteroatoms. The fraction of sp³-hybridized carbons (Fsp3) is 0.438. The van der Waals surface area contributed by atoms with E-state index in [9.17, 15) is 14.7 Å². The number of hydrogen-bond acceptors (Lipinski definition) is 3. The van der Waals surface area contributed by atoms with Crippen molar-refractivity contribution in [1.82, 2.24) is 10.3 Å². The quantitative estimate of drug-likeness (QED) is 0.824. The third kappa shape index (κ3) is 2.68. The Bertz CT molecular complexity index is 570. The number of pyridine rings is 1. The van der Waals surface area contributed by atoms with E-state index < -0.39 is 17.8 Å². The van der Waals surface area contributed by atoms with E-state index in [1.165, 1.54) is 0 Å². The van der Waals surface area contributed by atoms with E-state index in [0.29, 0.717) is 6.54 Å². The summed E-state index contributed by atoms with van der Waals surface area (Å²) in [7, 11) is 0. The van der Waals surface area contributed by atoms with Gasteiger partial charge in [0.1, 0.15) is 0 Å². The van der Waals surface area contributed by atoms with Crippen molar-refractivity contribution in [2.24, 2.45) is 23.7 Å². The molecule has 1 heterocycles. The van der Waals surface area contributed by atoms with Crippen molar-refractivity contribution in [3.8, 4) is 0 Å². The van der Waals surface area contributed by atoms with Crippen LogP contribution in [0, 0.1) is 23.7 Å². The van der Waals surface area contributed by atoms with Gasteiger partial charge in [-0.05, 0) is 36.3 Å². The molecule has 4 rings (SSSR count). The number of nitrogens with zero attached hydrogens (tertiary/aromatic N) is 1. The number of carboxylic acid groups (broad SMARTS) is 1. The van der Waals surface area contributed by atoms with Crippen LogP contribution in [0.2, 0.25) is 0 Å². The first-order valence-electron chi connectivity index (χ1n) is 7.24. The number of aromatic nitrogens is 1. The molecule has 5 nitrogen and oxygen atoms in total. The van der Waals surface area contributed by atoms with E-state index in [1.54, 1.807) is 12.4 Å². The predicted octanol–water partition coefficient (Wildman–Crippen LogP) is 1.61. The van der Waals surface area contributed by atoms with Crippen LogP contribution in [-0.2, 0) is 16.1 Å². The highest BCUT2D eigenvalue weighted by molar-refractivity contribution is 5.86. The van der Waals surface area contributed by atoms with Crippen molar-refractivity contribution in [2.75, 3.05) is 0 Å². The summed E-state index contributed by atoms with van der Waals surface area (Å²) in [6, 6.07) is 3.70. The van der Waals surface area contributed by atoms with E-state index >= 15 is 0 Å². The SMILES string of the molecule is O=C(O)C1C2C=CC(CC2)C1C(=O)NCc1cccnc1. The Kier molecular flexibility index (Phi) is 3.73. The van der Waals surface area contributed by atoms with Crippen molar-refractivity contribution in [3.05, 3.63) is 42.2 Å². The summed E-state index contributed by atoms with van der Waals surface area (Å²) in [5.41, 5.74) is 0.911. The molecule has 1 amide bonds. The minimum atomic E-state index is -0.865. The van der Waals surface area contributed by atoms with E-state index in [-0.39, 0.29) is 17.7 Å². The highest BCUT2D eigenvalue weighted by Gasteiger charge is 2.47. The number of carboxylic acids is 1. The highest BCUT2D eigenvalue weighted by atomic mass is 16.4. The van der Waals surface area contributed by atoms with E-state index in [1.807, 2.05) is 24.3 Å². The van der Waals surface area contributed by atoms with Gasteiger partial charge in [-0.3, -0.25) is 14.6 Å². The third-order valence-electron chi connectivity index (χ3n) is 4.53. The van der Waals surface area contributed by atoms with Crippen LogP contribution in [0.4, 0.5) is 0 Å². The molecule has 0 aromatic carbocycles. The Morgan fingerprint density at radius 1 is 1.24 bits per heavy atom. The fourth-order valence-electron chi connectivity index (χ4n) is 3.50. The van der Waals surface area contributed by atoms with Crippen LogP contribution >= 0.6 is 0 Å². The van der Waals surface area contributed by atoms with Crippen LogP contribution < -0.4 is 5.32 Å². The molecule has 2 bridgehead atoms. The number of fused-ring (bicyclic) bond motifs is 2. The Morgan fingerprint density at radius 2 is 1.95 bits per heavy atom. The topological polar surface area (TPSA) is 79.3 Å². The minimum absolute atomic E-state index is 0.0124. The lowest BCUT2D eigenvalue weighted by atomic mass is 9.62. The second-order valence-corrected chi connectivity index (χ2v) is 5.76. The lowest BCUT2D eigenvalue weighted by Gasteiger charge is -2.41. The smallest absolute Gasteiger partial charge is 0.307 e. The lowest BCUT2D eigenvalue weighted by Crippen LogP contribution is -2.48. The molecule has 4 unspecified atom stereocenters. The van der Waals surface area contributed by atoms with Gasteiger partial charge >= 0.3 is 5.97 Å². The zero-order valence-electron chi connectivity index (χ0n) is 11.6. The minimum Gasteiger partial charge on any atom is -0.481 e. The number of carbonyl (C=O) groups is 2. The monoisotopic (exact) mass is 286 g/mol. The van der Waals surface area contributed by atoms with Gasteiger partial charge in [-0.15, -0.1) is 0 Å². The molecule has 1 saturated carbocycles. The summed E-state index contributed by atoms with van der Waals surface area (Å²) in [6.07, 6.45) is 9.12. The summed E-state index contributed by atoms with van der Waals surface area (Å²) >= 11 is 0. The number of amides is 1. The van der Waals surface area contributed by atoms with Crippen LogP contribution in [0.15, 0.2) is 36.7 Å². The van der Waals surface area contributed by atoms with Crippen molar-refractivity contribution < 1.29 is 14.7 Å². The Balaban J connectivity index is 1.71. The highest BCUT2D eigenvalue weighted by Crippen LogP contribution is 2.45. The number of nitrogens with one attached hydrogen (secondary N) is 1. The predicted molar refractivity (Wildman–Crippen MR) is 76.1 cm³/mol. The van der Waals surface area contributed by atoms with Gasteiger partial charge in [0, 0.05) is 18.9 Å². The first-order chi connectivity index (χ1) is 10.2. The van der Waals surface area contributed by atoms with Crippen LogP contribution in [0.25, 0.3) is 0 Å².